The largest absolute Gasteiger partial charge is 0.390 e. The summed E-state index contributed by atoms with van der Waals surface area (Å²) in [5, 5.41) is 27.9. The van der Waals surface area contributed by atoms with Crippen molar-refractivity contribution < 1.29 is 28.2 Å². The molecule has 10 nitrogen and oxygen atoms in total. The first-order chi connectivity index (χ1) is 21.2. The number of benzene rings is 1. The molecule has 0 spiro atoms. The number of H-pyrrole nitrogens is 1. The van der Waals surface area contributed by atoms with E-state index in [0.29, 0.717) is 18.0 Å². The summed E-state index contributed by atoms with van der Waals surface area (Å²) in [5.41, 5.74) is 1.47. The molecule has 5 atom stereocenters. The Hall–Kier alpha value is -2.76. The number of aliphatic hydroxyl groups excluding tert-OH is 2. The van der Waals surface area contributed by atoms with Gasteiger partial charge in [0.25, 0.3) is 0 Å². The summed E-state index contributed by atoms with van der Waals surface area (Å²) in [5.74, 6) is -1.54. The standard InChI is InChI=1S/C33H48N4O6S/c38-30(25-13-14-25)31(39)28(16-23-9-5-2-6-10-23)36-33(41)29(17-27-18-34-21-35-27)37-32(40)26(15-22-7-3-1-4-8-22)20-44(42,43)19-24-11-12-24/h1,3-4,7-8,18,21,23-26,28-31,38-39H,2,5-6,9-17,19-20H2,(H,34,35)(H,36,41)(H,37,40)/t26-,28+,29+,30+,31-/m1/s1. The number of imidazole rings is 1. The molecule has 5 N–H and O–H groups in total. The molecule has 242 valence electrons. The summed E-state index contributed by atoms with van der Waals surface area (Å²) in [6.45, 7) is 0. The number of hydrogen-bond acceptors (Lipinski definition) is 7. The van der Waals surface area contributed by atoms with Crippen LogP contribution in [0.2, 0.25) is 0 Å². The molecule has 0 aliphatic heterocycles. The molecule has 3 fully saturated rings. The zero-order valence-corrected chi connectivity index (χ0v) is 26.3. The van der Waals surface area contributed by atoms with Gasteiger partial charge in [0.15, 0.2) is 9.84 Å². The number of amides is 2. The maximum absolute atomic E-state index is 13.9. The van der Waals surface area contributed by atoms with Crippen LogP contribution in [-0.2, 0) is 32.3 Å². The second-order valence-corrected chi connectivity index (χ2v) is 15.6. The third kappa shape index (κ3) is 9.87. The minimum absolute atomic E-state index is 0.0348. The van der Waals surface area contributed by atoms with Gasteiger partial charge in [-0.3, -0.25) is 9.59 Å². The van der Waals surface area contributed by atoms with Crippen molar-refractivity contribution in [1.82, 2.24) is 20.6 Å². The Labute approximate surface area is 260 Å². The summed E-state index contributed by atoms with van der Waals surface area (Å²) >= 11 is 0. The lowest BCUT2D eigenvalue weighted by Crippen LogP contribution is -2.57. The van der Waals surface area contributed by atoms with E-state index in [1.165, 1.54) is 12.7 Å². The van der Waals surface area contributed by atoms with Crippen molar-refractivity contribution in [3.63, 3.8) is 0 Å². The highest BCUT2D eigenvalue weighted by Crippen LogP contribution is 2.36. The Kier molecular flexibility index (Phi) is 11.1. The van der Waals surface area contributed by atoms with Crippen LogP contribution >= 0.6 is 0 Å². The average molecular weight is 629 g/mol. The predicted molar refractivity (Wildman–Crippen MR) is 167 cm³/mol. The lowest BCUT2D eigenvalue weighted by molar-refractivity contribution is -0.132. The first kappa shape index (κ1) is 32.6. The van der Waals surface area contributed by atoms with Crippen molar-refractivity contribution in [3.8, 4) is 0 Å². The number of aromatic nitrogens is 2. The van der Waals surface area contributed by atoms with Crippen LogP contribution in [0, 0.1) is 23.7 Å². The van der Waals surface area contributed by atoms with Crippen LogP contribution in [0.25, 0.3) is 0 Å². The molecule has 2 aromatic rings. The van der Waals surface area contributed by atoms with Gasteiger partial charge in [0, 0.05) is 18.3 Å². The second-order valence-electron chi connectivity index (χ2n) is 13.4. The Morgan fingerprint density at radius 3 is 2.27 bits per heavy atom. The van der Waals surface area contributed by atoms with Gasteiger partial charge in [-0.15, -0.1) is 0 Å². The van der Waals surface area contributed by atoms with Gasteiger partial charge >= 0.3 is 0 Å². The summed E-state index contributed by atoms with van der Waals surface area (Å²) in [7, 11) is -3.49. The molecule has 1 heterocycles. The molecule has 0 unspecified atom stereocenters. The van der Waals surface area contributed by atoms with E-state index in [0.717, 1.165) is 56.9 Å². The molecule has 1 aromatic carbocycles. The van der Waals surface area contributed by atoms with Crippen LogP contribution in [0.3, 0.4) is 0 Å². The third-order valence-corrected chi connectivity index (χ3v) is 11.3. The molecule has 3 aliphatic rings. The van der Waals surface area contributed by atoms with E-state index in [2.05, 4.69) is 20.6 Å². The van der Waals surface area contributed by atoms with E-state index in [-0.39, 0.29) is 36.2 Å². The summed E-state index contributed by atoms with van der Waals surface area (Å²) in [6, 6.07) is 7.60. The Morgan fingerprint density at radius 1 is 0.909 bits per heavy atom. The maximum atomic E-state index is 13.9. The molecule has 44 heavy (non-hydrogen) atoms. The van der Waals surface area contributed by atoms with Gasteiger partial charge in [0.2, 0.25) is 11.8 Å². The molecule has 2 amide bonds. The van der Waals surface area contributed by atoms with E-state index < -0.39 is 51.9 Å². The Morgan fingerprint density at radius 2 is 1.64 bits per heavy atom. The van der Waals surface area contributed by atoms with Crippen molar-refractivity contribution >= 4 is 21.7 Å². The number of aliphatic hydroxyl groups is 2. The van der Waals surface area contributed by atoms with Crippen molar-refractivity contribution in [2.24, 2.45) is 23.7 Å². The quantitative estimate of drug-likeness (QED) is 0.180. The summed E-state index contributed by atoms with van der Waals surface area (Å²) in [4.78, 5) is 34.8. The van der Waals surface area contributed by atoms with Crippen molar-refractivity contribution in [2.75, 3.05) is 11.5 Å². The number of nitrogens with one attached hydrogen (secondary N) is 3. The molecular formula is C33H48N4O6S. The SMILES string of the molecule is O=C(N[C@@H](Cc1cnc[nH]1)C(=O)N[C@@H](CC1CCCCC1)[C@@H](O)[C@@H](O)C1CC1)[C@H](Cc1ccccc1)CS(=O)(=O)CC1CC1. The minimum Gasteiger partial charge on any atom is -0.390 e. The lowest BCUT2D eigenvalue weighted by Gasteiger charge is -2.33. The van der Waals surface area contributed by atoms with Crippen molar-refractivity contribution in [1.29, 1.82) is 0 Å². The minimum atomic E-state index is -3.49. The summed E-state index contributed by atoms with van der Waals surface area (Å²) in [6.07, 6.45) is 10.9. The average Bonchev–Trinajstić information content (AvgIpc) is 3.95. The van der Waals surface area contributed by atoms with E-state index in [1.54, 1.807) is 6.20 Å². The highest BCUT2D eigenvalue weighted by molar-refractivity contribution is 7.91. The predicted octanol–water partition coefficient (Wildman–Crippen LogP) is 2.71. The molecule has 3 saturated carbocycles. The Bertz CT molecular complexity index is 1310. The topological polar surface area (TPSA) is 161 Å². The maximum Gasteiger partial charge on any atom is 0.243 e. The zero-order valence-electron chi connectivity index (χ0n) is 25.4. The number of rotatable bonds is 17. The van der Waals surface area contributed by atoms with Gasteiger partial charge in [-0.25, -0.2) is 13.4 Å². The number of aromatic amines is 1. The van der Waals surface area contributed by atoms with Gasteiger partial charge < -0.3 is 25.8 Å². The van der Waals surface area contributed by atoms with Crippen LogP contribution in [0.1, 0.15) is 75.5 Å². The van der Waals surface area contributed by atoms with E-state index in [9.17, 15) is 28.2 Å². The van der Waals surface area contributed by atoms with Crippen LogP contribution in [-0.4, -0.2) is 76.2 Å². The smallest absolute Gasteiger partial charge is 0.243 e. The Balaban J connectivity index is 1.33. The third-order valence-electron chi connectivity index (χ3n) is 9.46. The number of carbonyl (C=O) groups is 2. The fourth-order valence-electron chi connectivity index (χ4n) is 6.56. The number of sulfone groups is 1. The first-order valence-electron chi connectivity index (χ1n) is 16.4. The van der Waals surface area contributed by atoms with Crippen LogP contribution < -0.4 is 10.6 Å². The molecule has 0 radical (unpaired) electrons. The summed E-state index contributed by atoms with van der Waals surface area (Å²) < 4.78 is 26.1. The first-order valence-corrected chi connectivity index (χ1v) is 18.2. The molecule has 0 saturated heterocycles. The van der Waals surface area contributed by atoms with E-state index >= 15 is 0 Å². The number of hydrogen-bond donors (Lipinski definition) is 5. The number of nitrogens with zero attached hydrogens (tertiary/aromatic N) is 1. The lowest BCUT2D eigenvalue weighted by atomic mass is 9.82. The van der Waals surface area contributed by atoms with Gasteiger partial charge in [-0.05, 0) is 61.8 Å². The van der Waals surface area contributed by atoms with Gasteiger partial charge in [-0.2, -0.15) is 0 Å². The molecule has 3 aliphatic carbocycles. The molecule has 11 heteroatoms. The van der Waals surface area contributed by atoms with Gasteiger partial charge in [0.1, 0.15) is 12.1 Å². The van der Waals surface area contributed by atoms with Gasteiger partial charge in [-0.1, -0.05) is 62.4 Å². The van der Waals surface area contributed by atoms with Gasteiger partial charge in [0.05, 0.1) is 35.9 Å². The fraction of sp³-hybridized carbons (Fsp3) is 0.667. The molecule has 0 bridgehead atoms. The van der Waals surface area contributed by atoms with Crippen LogP contribution in [0.15, 0.2) is 42.9 Å². The highest BCUT2D eigenvalue weighted by Gasteiger charge is 2.40. The molecule has 5 rings (SSSR count). The van der Waals surface area contributed by atoms with Crippen molar-refractivity contribution in [3.05, 3.63) is 54.1 Å². The van der Waals surface area contributed by atoms with Crippen molar-refractivity contribution in [2.45, 2.75) is 101 Å². The number of carbonyl (C=O) groups excluding carboxylic acids is 2. The highest BCUT2D eigenvalue weighted by atomic mass is 32.2. The second kappa shape index (κ2) is 15.0. The van der Waals surface area contributed by atoms with E-state index in [1.807, 2.05) is 30.3 Å². The van der Waals surface area contributed by atoms with E-state index in [4.69, 9.17) is 0 Å². The fourth-order valence-corrected chi connectivity index (χ4v) is 8.63. The monoisotopic (exact) mass is 628 g/mol. The normalized spacial score (nSPS) is 21.1. The van der Waals surface area contributed by atoms with Crippen LogP contribution in [0.5, 0.6) is 0 Å². The molecule has 1 aromatic heterocycles. The zero-order chi connectivity index (χ0) is 31.1. The van der Waals surface area contributed by atoms with Crippen LogP contribution in [0.4, 0.5) is 0 Å². The molecular weight excluding hydrogens is 580 g/mol.